The zero-order chi connectivity index (χ0) is 11.6. The molecule has 86 valence electrons. The standard InChI is InChI=1S/C10H19BrN4/c1-6(2)7(3)8(12-4)9-10(11)13-14-15(9)5/h6-8,12H,1-5H3. The molecule has 0 bridgehead atoms. The van der Waals surface area contributed by atoms with Crippen molar-refractivity contribution in [2.45, 2.75) is 26.8 Å². The Bertz CT molecular complexity index is 302. The molecule has 5 heteroatoms. The van der Waals surface area contributed by atoms with Crippen molar-refractivity contribution in [2.24, 2.45) is 18.9 Å². The van der Waals surface area contributed by atoms with E-state index in [4.69, 9.17) is 0 Å². The van der Waals surface area contributed by atoms with E-state index in [2.05, 4.69) is 52.3 Å². The van der Waals surface area contributed by atoms with E-state index in [0.29, 0.717) is 11.8 Å². The van der Waals surface area contributed by atoms with Crippen molar-refractivity contribution in [3.05, 3.63) is 10.3 Å². The average molecular weight is 275 g/mol. The molecule has 0 saturated carbocycles. The van der Waals surface area contributed by atoms with Crippen LogP contribution in [0.4, 0.5) is 0 Å². The Morgan fingerprint density at radius 1 is 1.33 bits per heavy atom. The lowest BCUT2D eigenvalue weighted by molar-refractivity contribution is 0.304. The van der Waals surface area contributed by atoms with E-state index in [1.807, 2.05) is 18.8 Å². The third-order valence-electron chi connectivity index (χ3n) is 3.01. The van der Waals surface area contributed by atoms with Crippen LogP contribution in [0.1, 0.15) is 32.5 Å². The van der Waals surface area contributed by atoms with E-state index in [0.717, 1.165) is 10.3 Å². The molecule has 2 atom stereocenters. The predicted octanol–water partition coefficient (Wildman–Crippen LogP) is 2.13. The summed E-state index contributed by atoms with van der Waals surface area (Å²) in [5.74, 6) is 1.15. The van der Waals surface area contributed by atoms with E-state index >= 15 is 0 Å². The topological polar surface area (TPSA) is 42.7 Å². The number of aryl methyl sites for hydroxylation is 1. The van der Waals surface area contributed by atoms with Crippen LogP contribution < -0.4 is 5.32 Å². The lowest BCUT2D eigenvalue weighted by atomic mass is 9.89. The molecule has 0 aliphatic heterocycles. The van der Waals surface area contributed by atoms with Gasteiger partial charge in [0.25, 0.3) is 0 Å². The van der Waals surface area contributed by atoms with Crippen LogP contribution in [0, 0.1) is 11.8 Å². The van der Waals surface area contributed by atoms with Gasteiger partial charge in [0.1, 0.15) is 0 Å². The highest BCUT2D eigenvalue weighted by Gasteiger charge is 2.25. The van der Waals surface area contributed by atoms with Gasteiger partial charge in [-0.05, 0) is 34.8 Å². The Morgan fingerprint density at radius 3 is 2.27 bits per heavy atom. The van der Waals surface area contributed by atoms with Gasteiger partial charge < -0.3 is 5.32 Å². The number of hydrogen-bond donors (Lipinski definition) is 1. The average Bonchev–Trinajstić information content (AvgIpc) is 2.50. The van der Waals surface area contributed by atoms with Crippen molar-refractivity contribution in [1.29, 1.82) is 0 Å². The fourth-order valence-electron chi connectivity index (χ4n) is 1.70. The largest absolute Gasteiger partial charge is 0.311 e. The molecule has 1 heterocycles. The van der Waals surface area contributed by atoms with Crippen molar-refractivity contribution in [1.82, 2.24) is 20.3 Å². The molecule has 0 spiro atoms. The van der Waals surface area contributed by atoms with E-state index in [9.17, 15) is 0 Å². The zero-order valence-corrected chi connectivity index (χ0v) is 11.5. The highest BCUT2D eigenvalue weighted by molar-refractivity contribution is 9.10. The first-order chi connectivity index (χ1) is 6.99. The first-order valence-corrected chi connectivity index (χ1v) is 6.00. The number of rotatable bonds is 4. The predicted molar refractivity (Wildman–Crippen MR) is 64.5 cm³/mol. The van der Waals surface area contributed by atoms with Gasteiger partial charge in [0, 0.05) is 7.05 Å². The van der Waals surface area contributed by atoms with Gasteiger partial charge >= 0.3 is 0 Å². The van der Waals surface area contributed by atoms with Crippen LogP contribution in [0.25, 0.3) is 0 Å². The summed E-state index contributed by atoms with van der Waals surface area (Å²) >= 11 is 3.44. The SMILES string of the molecule is CNC(c1c(Br)nnn1C)C(C)C(C)C. The lowest BCUT2D eigenvalue weighted by Gasteiger charge is -2.26. The van der Waals surface area contributed by atoms with E-state index in [-0.39, 0.29) is 6.04 Å². The molecule has 1 N–H and O–H groups in total. The summed E-state index contributed by atoms with van der Waals surface area (Å²) < 4.78 is 2.65. The van der Waals surface area contributed by atoms with Gasteiger partial charge in [0.2, 0.25) is 0 Å². The summed E-state index contributed by atoms with van der Waals surface area (Å²) in [7, 11) is 3.90. The minimum absolute atomic E-state index is 0.277. The Kier molecular flexibility index (Phi) is 4.28. The summed E-state index contributed by atoms with van der Waals surface area (Å²) in [6.07, 6.45) is 0. The molecule has 1 rings (SSSR count). The first-order valence-electron chi connectivity index (χ1n) is 5.21. The molecule has 0 aromatic carbocycles. The summed E-state index contributed by atoms with van der Waals surface area (Å²) in [6, 6.07) is 0.277. The van der Waals surface area contributed by atoms with Gasteiger partial charge in [0.05, 0.1) is 11.7 Å². The molecule has 0 radical (unpaired) electrons. The molecule has 0 saturated heterocycles. The summed E-state index contributed by atoms with van der Waals surface area (Å²) in [5, 5.41) is 11.4. The third-order valence-corrected chi connectivity index (χ3v) is 3.57. The van der Waals surface area contributed by atoms with E-state index < -0.39 is 0 Å². The third kappa shape index (κ3) is 2.58. The Hall–Kier alpha value is -0.420. The van der Waals surface area contributed by atoms with Crippen molar-refractivity contribution in [3.8, 4) is 0 Å². The minimum Gasteiger partial charge on any atom is -0.311 e. The monoisotopic (exact) mass is 274 g/mol. The summed E-state index contributed by atoms with van der Waals surface area (Å²) in [4.78, 5) is 0. The highest BCUT2D eigenvalue weighted by Crippen LogP contribution is 2.30. The van der Waals surface area contributed by atoms with Gasteiger partial charge in [-0.3, -0.25) is 0 Å². The molecule has 1 aromatic rings. The smallest absolute Gasteiger partial charge is 0.153 e. The molecule has 1 aromatic heterocycles. The molecule has 15 heavy (non-hydrogen) atoms. The van der Waals surface area contributed by atoms with Gasteiger partial charge in [-0.25, -0.2) is 4.68 Å². The van der Waals surface area contributed by atoms with Crippen LogP contribution in [-0.2, 0) is 7.05 Å². The van der Waals surface area contributed by atoms with Crippen LogP contribution in [-0.4, -0.2) is 22.0 Å². The Labute approximate surface area is 99.6 Å². The fourth-order valence-corrected chi connectivity index (χ4v) is 2.28. The van der Waals surface area contributed by atoms with Crippen molar-refractivity contribution < 1.29 is 0 Å². The van der Waals surface area contributed by atoms with Crippen LogP contribution in [0.2, 0.25) is 0 Å². The van der Waals surface area contributed by atoms with Crippen LogP contribution >= 0.6 is 15.9 Å². The molecule has 0 fully saturated rings. The molecular formula is C10H19BrN4. The fraction of sp³-hybridized carbons (Fsp3) is 0.800. The number of halogens is 1. The summed E-state index contributed by atoms with van der Waals surface area (Å²) in [5.41, 5.74) is 1.11. The van der Waals surface area contributed by atoms with Gasteiger partial charge in [-0.15, -0.1) is 5.10 Å². The normalized spacial score (nSPS) is 15.7. The van der Waals surface area contributed by atoms with Gasteiger partial charge in [-0.2, -0.15) is 0 Å². The van der Waals surface area contributed by atoms with Crippen molar-refractivity contribution >= 4 is 15.9 Å². The summed E-state index contributed by atoms with van der Waals surface area (Å²) in [6.45, 7) is 6.70. The van der Waals surface area contributed by atoms with E-state index in [1.54, 1.807) is 0 Å². The van der Waals surface area contributed by atoms with Gasteiger partial charge in [0.15, 0.2) is 4.60 Å². The van der Waals surface area contributed by atoms with Crippen LogP contribution in [0.3, 0.4) is 0 Å². The molecule has 4 nitrogen and oxygen atoms in total. The van der Waals surface area contributed by atoms with Crippen molar-refractivity contribution in [2.75, 3.05) is 7.05 Å². The second-order valence-electron chi connectivity index (χ2n) is 4.26. The van der Waals surface area contributed by atoms with Crippen LogP contribution in [0.5, 0.6) is 0 Å². The van der Waals surface area contributed by atoms with E-state index in [1.165, 1.54) is 0 Å². The molecule has 0 aliphatic rings. The number of aromatic nitrogens is 3. The molecule has 2 unspecified atom stereocenters. The van der Waals surface area contributed by atoms with Gasteiger partial charge in [-0.1, -0.05) is 26.0 Å². The lowest BCUT2D eigenvalue weighted by Crippen LogP contribution is -2.28. The highest BCUT2D eigenvalue weighted by atomic mass is 79.9. The number of nitrogens with one attached hydrogen (secondary N) is 1. The maximum atomic E-state index is 4.02. The Balaban J connectivity index is 3.02. The second kappa shape index (κ2) is 5.07. The second-order valence-corrected chi connectivity index (χ2v) is 5.01. The number of nitrogens with zero attached hydrogens (tertiary/aromatic N) is 3. The maximum absolute atomic E-state index is 4.02. The van der Waals surface area contributed by atoms with Crippen LogP contribution in [0.15, 0.2) is 4.60 Å². The quantitative estimate of drug-likeness (QED) is 0.915. The van der Waals surface area contributed by atoms with Crippen molar-refractivity contribution in [3.63, 3.8) is 0 Å². The molecular weight excluding hydrogens is 256 g/mol. The Morgan fingerprint density at radius 2 is 1.93 bits per heavy atom. The first kappa shape index (κ1) is 12.6. The maximum Gasteiger partial charge on any atom is 0.153 e. The molecule has 0 amide bonds. The zero-order valence-electron chi connectivity index (χ0n) is 9.95. The molecule has 0 aliphatic carbocycles. The minimum atomic E-state index is 0.277. The number of hydrogen-bond acceptors (Lipinski definition) is 3.